The molecular weight excluding hydrogens is 136 g/mol. The fourth-order valence-corrected chi connectivity index (χ4v) is 0.489. The van der Waals surface area contributed by atoms with E-state index < -0.39 is 6.43 Å². The summed E-state index contributed by atoms with van der Waals surface area (Å²) in [4.78, 5) is 0. The van der Waals surface area contributed by atoms with Gasteiger partial charge in [-0.3, -0.25) is 0 Å². The third-order valence-electron chi connectivity index (χ3n) is 1.17. The van der Waals surface area contributed by atoms with Gasteiger partial charge in [-0.05, 0) is 0 Å². The highest BCUT2D eigenvalue weighted by Crippen LogP contribution is 2.12. The number of halogens is 3. The molecule has 0 bridgehead atoms. The summed E-state index contributed by atoms with van der Waals surface area (Å²) in [6.07, 6.45) is -2.11. The van der Waals surface area contributed by atoms with E-state index in [-0.39, 0.29) is 18.3 Å². The molecule has 1 rings (SSSR count). The van der Waals surface area contributed by atoms with E-state index >= 15 is 0 Å². The van der Waals surface area contributed by atoms with Gasteiger partial charge in [0.2, 0.25) is 6.43 Å². The highest BCUT2D eigenvalue weighted by atomic mass is 35.5. The molecule has 0 aromatic carbocycles. The van der Waals surface area contributed by atoms with Gasteiger partial charge in [0.05, 0.1) is 0 Å². The van der Waals surface area contributed by atoms with Crippen molar-refractivity contribution < 1.29 is 8.78 Å². The van der Waals surface area contributed by atoms with E-state index in [1.54, 1.807) is 0 Å². The quantitative estimate of drug-likeness (QED) is 0.575. The van der Waals surface area contributed by atoms with Crippen LogP contribution in [0.5, 0.6) is 0 Å². The molecule has 1 heterocycles. The van der Waals surface area contributed by atoms with Crippen molar-refractivity contribution in [2.75, 3.05) is 13.1 Å². The molecule has 50 valence electrons. The van der Waals surface area contributed by atoms with Gasteiger partial charge in [0.1, 0.15) is 0 Å². The van der Waals surface area contributed by atoms with Crippen molar-refractivity contribution in [3.05, 3.63) is 0 Å². The molecule has 1 N–H and O–H groups in total. The number of nitrogens with one attached hydrogen (secondary N) is 1. The summed E-state index contributed by atoms with van der Waals surface area (Å²) in [6, 6.07) is 0. The lowest BCUT2D eigenvalue weighted by Crippen LogP contribution is -2.45. The second-order valence-electron chi connectivity index (χ2n) is 1.75. The SMILES string of the molecule is Cl.FC(F)C1CNC1. The van der Waals surface area contributed by atoms with Crippen LogP contribution in [-0.4, -0.2) is 19.5 Å². The fourth-order valence-electron chi connectivity index (χ4n) is 0.489. The zero-order chi connectivity index (χ0) is 5.28. The molecule has 0 amide bonds. The third-order valence-corrected chi connectivity index (χ3v) is 1.17. The Morgan fingerprint density at radius 3 is 1.88 bits per heavy atom. The van der Waals surface area contributed by atoms with Crippen LogP contribution in [0.1, 0.15) is 0 Å². The number of alkyl halides is 2. The highest BCUT2D eigenvalue weighted by molar-refractivity contribution is 5.85. The van der Waals surface area contributed by atoms with Crippen LogP contribution in [0.15, 0.2) is 0 Å². The van der Waals surface area contributed by atoms with Gasteiger partial charge in [-0.25, -0.2) is 8.78 Å². The summed E-state index contributed by atoms with van der Waals surface area (Å²) in [7, 11) is 0. The lowest BCUT2D eigenvalue weighted by atomic mass is 10.1. The van der Waals surface area contributed by atoms with Crippen molar-refractivity contribution >= 4 is 12.4 Å². The van der Waals surface area contributed by atoms with E-state index in [2.05, 4.69) is 5.32 Å². The summed E-state index contributed by atoms with van der Waals surface area (Å²) < 4.78 is 22.9. The largest absolute Gasteiger partial charge is 0.316 e. The smallest absolute Gasteiger partial charge is 0.243 e. The molecule has 0 aliphatic carbocycles. The zero-order valence-corrected chi connectivity index (χ0v) is 5.05. The first-order valence-electron chi connectivity index (χ1n) is 2.29. The maximum absolute atomic E-state index is 11.4. The predicted octanol–water partition coefficient (Wildman–Crippen LogP) is 0.893. The zero-order valence-electron chi connectivity index (χ0n) is 4.23. The molecule has 4 heteroatoms. The van der Waals surface area contributed by atoms with Crippen LogP contribution in [-0.2, 0) is 0 Å². The highest BCUT2D eigenvalue weighted by Gasteiger charge is 2.25. The average molecular weight is 144 g/mol. The van der Waals surface area contributed by atoms with Gasteiger partial charge in [-0.15, -0.1) is 12.4 Å². The molecule has 0 aromatic heterocycles. The topological polar surface area (TPSA) is 12.0 Å². The Bertz CT molecular complexity index is 65.1. The monoisotopic (exact) mass is 143 g/mol. The van der Waals surface area contributed by atoms with Gasteiger partial charge in [-0.2, -0.15) is 0 Å². The minimum atomic E-state index is -2.11. The van der Waals surface area contributed by atoms with Gasteiger partial charge >= 0.3 is 0 Å². The average Bonchev–Trinajstić information content (AvgIpc) is 1.23. The summed E-state index contributed by atoms with van der Waals surface area (Å²) in [5.74, 6) is -0.361. The Morgan fingerprint density at radius 2 is 1.88 bits per heavy atom. The molecule has 0 unspecified atom stereocenters. The lowest BCUT2D eigenvalue weighted by Gasteiger charge is -2.25. The molecule has 1 nitrogen and oxygen atoms in total. The van der Waals surface area contributed by atoms with Gasteiger partial charge in [0.25, 0.3) is 0 Å². The van der Waals surface area contributed by atoms with Crippen molar-refractivity contribution in [3.63, 3.8) is 0 Å². The molecule has 0 spiro atoms. The molecule has 1 aliphatic rings. The first-order valence-corrected chi connectivity index (χ1v) is 2.29. The van der Waals surface area contributed by atoms with Gasteiger partial charge < -0.3 is 5.32 Å². The molecular formula is C4H8ClF2N. The van der Waals surface area contributed by atoms with Gasteiger partial charge in [0.15, 0.2) is 0 Å². The Morgan fingerprint density at radius 1 is 1.38 bits per heavy atom. The minimum absolute atomic E-state index is 0. The molecule has 0 atom stereocenters. The number of hydrogen-bond donors (Lipinski definition) is 1. The normalized spacial score (nSPS) is 19.9. The van der Waals surface area contributed by atoms with Crippen molar-refractivity contribution in [1.29, 1.82) is 0 Å². The maximum Gasteiger partial charge on any atom is 0.243 e. The summed E-state index contributed by atoms with van der Waals surface area (Å²) >= 11 is 0. The first-order chi connectivity index (χ1) is 3.30. The second kappa shape index (κ2) is 3.20. The second-order valence-corrected chi connectivity index (χ2v) is 1.75. The van der Waals surface area contributed by atoms with E-state index in [0.29, 0.717) is 13.1 Å². The predicted molar refractivity (Wildman–Crippen MR) is 29.6 cm³/mol. The number of hydrogen-bond acceptors (Lipinski definition) is 1. The standard InChI is InChI=1S/C4H7F2N.ClH/c5-4(6)3-1-7-2-3;/h3-4,7H,1-2H2;1H. The van der Waals surface area contributed by atoms with E-state index in [0.717, 1.165) is 0 Å². The van der Waals surface area contributed by atoms with Crippen molar-refractivity contribution in [1.82, 2.24) is 5.32 Å². The van der Waals surface area contributed by atoms with Crippen LogP contribution >= 0.6 is 12.4 Å². The van der Waals surface area contributed by atoms with Crippen LogP contribution in [0.2, 0.25) is 0 Å². The molecule has 8 heavy (non-hydrogen) atoms. The van der Waals surface area contributed by atoms with Crippen molar-refractivity contribution in [2.45, 2.75) is 6.43 Å². The minimum Gasteiger partial charge on any atom is -0.316 e. The number of rotatable bonds is 1. The van der Waals surface area contributed by atoms with Crippen LogP contribution in [0.25, 0.3) is 0 Å². The molecule has 0 aromatic rings. The molecule has 0 saturated carbocycles. The molecule has 1 fully saturated rings. The fraction of sp³-hybridized carbons (Fsp3) is 1.00. The maximum atomic E-state index is 11.4. The van der Waals surface area contributed by atoms with Crippen LogP contribution < -0.4 is 5.32 Å². The third kappa shape index (κ3) is 1.56. The van der Waals surface area contributed by atoms with E-state index in [9.17, 15) is 8.78 Å². The van der Waals surface area contributed by atoms with E-state index in [1.165, 1.54) is 0 Å². The van der Waals surface area contributed by atoms with Crippen LogP contribution in [0, 0.1) is 5.92 Å². The summed E-state index contributed by atoms with van der Waals surface area (Å²) in [6.45, 7) is 0.995. The summed E-state index contributed by atoms with van der Waals surface area (Å²) in [5, 5.41) is 2.76. The van der Waals surface area contributed by atoms with E-state index in [1.807, 2.05) is 0 Å². The first kappa shape index (κ1) is 8.11. The molecule has 0 radical (unpaired) electrons. The Labute approximate surface area is 52.9 Å². The van der Waals surface area contributed by atoms with Gasteiger partial charge in [-0.1, -0.05) is 0 Å². The Balaban J connectivity index is 0.000000490. The van der Waals surface area contributed by atoms with Crippen molar-refractivity contribution in [2.24, 2.45) is 5.92 Å². The van der Waals surface area contributed by atoms with Crippen molar-refractivity contribution in [3.8, 4) is 0 Å². The van der Waals surface area contributed by atoms with Crippen LogP contribution in [0.3, 0.4) is 0 Å². The summed E-state index contributed by atoms with van der Waals surface area (Å²) in [5.41, 5.74) is 0. The van der Waals surface area contributed by atoms with E-state index in [4.69, 9.17) is 0 Å². The molecule has 1 saturated heterocycles. The van der Waals surface area contributed by atoms with Gasteiger partial charge in [0, 0.05) is 19.0 Å². The van der Waals surface area contributed by atoms with Crippen LogP contribution in [0.4, 0.5) is 8.78 Å². The Kier molecular flexibility index (Phi) is 3.24. The lowest BCUT2D eigenvalue weighted by molar-refractivity contribution is 0.0485. The Hall–Kier alpha value is 0.110. The molecule has 1 aliphatic heterocycles.